The Balaban J connectivity index is 1.81. The number of carbonyl (C=O) groups excluding carboxylic acids is 2. The largest absolute Gasteiger partial charge is 0.347 e. The zero-order chi connectivity index (χ0) is 16.8. The molecular formula is C18H19BrN2O2. The molecule has 0 radical (unpaired) electrons. The number of anilines is 1. The summed E-state index contributed by atoms with van der Waals surface area (Å²) in [7, 11) is 0. The highest BCUT2D eigenvalue weighted by molar-refractivity contribution is 9.10. The van der Waals surface area contributed by atoms with Gasteiger partial charge >= 0.3 is 0 Å². The molecule has 0 saturated carbocycles. The van der Waals surface area contributed by atoms with E-state index in [0.717, 1.165) is 21.2 Å². The van der Waals surface area contributed by atoms with Crippen LogP contribution < -0.4 is 10.6 Å². The summed E-state index contributed by atoms with van der Waals surface area (Å²) in [4.78, 5) is 23.8. The molecule has 0 aliphatic rings. The highest BCUT2D eigenvalue weighted by Gasteiger charge is 2.07. The van der Waals surface area contributed by atoms with Gasteiger partial charge in [0.05, 0.1) is 13.0 Å². The zero-order valence-corrected chi connectivity index (χ0v) is 14.7. The van der Waals surface area contributed by atoms with Gasteiger partial charge in [0.15, 0.2) is 0 Å². The Morgan fingerprint density at radius 2 is 1.83 bits per heavy atom. The van der Waals surface area contributed by atoms with Gasteiger partial charge in [-0.2, -0.15) is 0 Å². The van der Waals surface area contributed by atoms with Crippen LogP contribution in [0, 0.1) is 13.8 Å². The van der Waals surface area contributed by atoms with E-state index in [1.165, 1.54) is 0 Å². The standard InChI is InChI=1S/C18H19BrN2O2/c1-12-4-3-5-14(8-12)10-17(22)20-11-18(23)21-15-6-7-16(19)13(2)9-15/h3-9H,10-11H2,1-2H3,(H,20,22)(H,21,23). The fraction of sp³-hybridized carbons (Fsp3) is 0.222. The van der Waals surface area contributed by atoms with Crippen molar-refractivity contribution in [3.63, 3.8) is 0 Å². The first kappa shape index (κ1) is 17.2. The van der Waals surface area contributed by atoms with Crippen LogP contribution in [0.5, 0.6) is 0 Å². The quantitative estimate of drug-likeness (QED) is 0.842. The molecule has 0 aliphatic carbocycles. The Morgan fingerprint density at radius 1 is 1.04 bits per heavy atom. The van der Waals surface area contributed by atoms with Gasteiger partial charge in [0, 0.05) is 10.2 Å². The summed E-state index contributed by atoms with van der Waals surface area (Å²) in [6, 6.07) is 13.3. The maximum atomic E-state index is 11.9. The van der Waals surface area contributed by atoms with Gasteiger partial charge in [-0.25, -0.2) is 0 Å². The third-order valence-corrected chi connectivity index (χ3v) is 4.22. The summed E-state index contributed by atoms with van der Waals surface area (Å²) in [6.45, 7) is 3.89. The molecule has 4 nitrogen and oxygen atoms in total. The van der Waals surface area contributed by atoms with E-state index in [9.17, 15) is 9.59 Å². The van der Waals surface area contributed by atoms with E-state index in [-0.39, 0.29) is 24.8 Å². The normalized spacial score (nSPS) is 10.2. The van der Waals surface area contributed by atoms with Gasteiger partial charge in [-0.15, -0.1) is 0 Å². The highest BCUT2D eigenvalue weighted by Crippen LogP contribution is 2.19. The summed E-state index contributed by atoms with van der Waals surface area (Å²) < 4.78 is 0.988. The van der Waals surface area contributed by atoms with Gasteiger partial charge in [0.1, 0.15) is 0 Å². The molecule has 120 valence electrons. The van der Waals surface area contributed by atoms with Crippen molar-refractivity contribution >= 4 is 33.4 Å². The van der Waals surface area contributed by atoms with Crippen LogP contribution in [0.2, 0.25) is 0 Å². The first-order chi connectivity index (χ1) is 10.9. The molecule has 0 fully saturated rings. The predicted molar refractivity (Wildman–Crippen MR) is 95.4 cm³/mol. The van der Waals surface area contributed by atoms with Gasteiger partial charge in [-0.1, -0.05) is 45.8 Å². The fourth-order valence-corrected chi connectivity index (χ4v) is 2.42. The molecule has 2 amide bonds. The minimum atomic E-state index is -0.246. The van der Waals surface area contributed by atoms with Gasteiger partial charge in [0.25, 0.3) is 0 Å². The van der Waals surface area contributed by atoms with E-state index in [1.54, 1.807) is 0 Å². The maximum Gasteiger partial charge on any atom is 0.243 e. The van der Waals surface area contributed by atoms with Crippen molar-refractivity contribution in [2.75, 3.05) is 11.9 Å². The Labute approximate surface area is 144 Å². The molecule has 2 aromatic rings. The van der Waals surface area contributed by atoms with Crippen LogP contribution in [0.4, 0.5) is 5.69 Å². The van der Waals surface area contributed by atoms with Crippen LogP contribution in [-0.4, -0.2) is 18.4 Å². The average Bonchev–Trinajstić information content (AvgIpc) is 2.49. The molecule has 2 rings (SSSR count). The molecule has 2 N–H and O–H groups in total. The summed E-state index contributed by atoms with van der Waals surface area (Å²) >= 11 is 3.41. The summed E-state index contributed by atoms with van der Waals surface area (Å²) in [5, 5.41) is 5.40. The SMILES string of the molecule is Cc1cccc(CC(=O)NCC(=O)Nc2ccc(Br)c(C)c2)c1. The van der Waals surface area contributed by atoms with Crippen molar-refractivity contribution in [3.8, 4) is 0 Å². The molecule has 0 atom stereocenters. The first-order valence-electron chi connectivity index (χ1n) is 7.32. The number of rotatable bonds is 5. The topological polar surface area (TPSA) is 58.2 Å². The van der Waals surface area contributed by atoms with E-state index in [2.05, 4.69) is 26.6 Å². The lowest BCUT2D eigenvalue weighted by molar-refractivity contribution is -0.123. The second kappa shape index (κ2) is 7.92. The Hall–Kier alpha value is -2.14. The predicted octanol–water partition coefficient (Wildman–Crippen LogP) is 3.36. The van der Waals surface area contributed by atoms with Crippen LogP contribution in [-0.2, 0) is 16.0 Å². The van der Waals surface area contributed by atoms with Gasteiger partial charge < -0.3 is 10.6 Å². The van der Waals surface area contributed by atoms with Crippen molar-refractivity contribution < 1.29 is 9.59 Å². The maximum absolute atomic E-state index is 11.9. The highest BCUT2D eigenvalue weighted by atomic mass is 79.9. The Bertz CT molecular complexity index is 729. The lowest BCUT2D eigenvalue weighted by Crippen LogP contribution is -2.33. The van der Waals surface area contributed by atoms with Gasteiger partial charge in [-0.3, -0.25) is 9.59 Å². The Kier molecular flexibility index (Phi) is 5.93. The molecule has 0 unspecified atom stereocenters. The Morgan fingerprint density at radius 3 is 2.52 bits per heavy atom. The molecule has 23 heavy (non-hydrogen) atoms. The molecule has 0 spiro atoms. The lowest BCUT2D eigenvalue weighted by atomic mass is 10.1. The fourth-order valence-electron chi connectivity index (χ4n) is 2.18. The van der Waals surface area contributed by atoms with Crippen LogP contribution in [0.3, 0.4) is 0 Å². The van der Waals surface area contributed by atoms with Crippen LogP contribution in [0.25, 0.3) is 0 Å². The van der Waals surface area contributed by atoms with Crippen molar-refractivity contribution in [1.82, 2.24) is 5.32 Å². The second-order valence-electron chi connectivity index (χ2n) is 5.45. The molecule has 2 aromatic carbocycles. The number of nitrogens with one attached hydrogen (secondary N) is 2. The summed E-state index contributed by atoms with van der Waals surface area (Å²) in [5.41, 5.74) is 3.79. The number of aryl methyl sites for hydroxylation is 2. The smallest absolute Gasteiger partial charge is 0.243 e. The first-order valence-corrected chi connectivity index (χ1v) is 8.11. The van der Waals surface area contributed by atoms with Crippen LogP contribution >= 0.6 is 15.9 Å². The van der Waals surface area contributed by atoms with E-state index in [1.807, 2.05) is 56.3 Å². The minimum absolute atomic E-state index is 0.0419. The summed E-state index contributed by atoms with van der Waals surface area (Å²) in [5.74, 6) is -0.415. The molecule has 0 bridgehead atoms. The molecule has 0 aromatic heterocycles. The molecule has 0 aliphatic heterocycles. The molecule has 5 heteroatoms. The van der Waals surface area contributed by atoms with Crippen molar-refractivity contribution in [2.24, 2.45) is 0 Å². The molecule has 0 saturated heterocycles. The lowest BCUT2D eigenvalue weighted by Gasteiger charge is -2.08. The zero-order valence-electron chi connectivity index (χ0n) is 13.2. The van der Waals surface area contributed by atoms with E-state index >= 15 is 0 Å². The van der Waals surface area contributed by atoms with Crippen LogP contribution in [0.1, 0.15) is 16.7 Å². The number of benzene rings is 2. The average molecular weight is 375 g/mol. The number of amides is 2. The number of carbonyl (C=O) groups is 2. The van der Waals surface area contributed by atoms with Gasteiger partial charge in [-0.05, 0) is 43.2 Å². The van der Waals surface area contributed by atoms with E-state index in [0.29, 0.717) is 5.69 Å². The molecular weight excluding hydrogens is 356 g/mol. The summed E-state index contributed by atoms with van der Waals surface area (Å²) in [6.07, 6.45) is 0.270. The third kappa shape index (κ3) is 5.53. The van der Waals surface area contributed by atoms with Crippen molar-refractivity contribution in [1.29, 1.82) is 0 Å². The second-order valence-corrected chi connectivity index (χ2v) is 6.31. The number of halogens is 1. The van der Waals surface area contributed by atoms with E-state index in [4.69, 9.17) is 0 Å². The van der Waals surface area contributed by atoms with Gasteiger partial charge in [0.2, 0.25) is 11.8 Å². The monoisotopic (exact) mass is 374 g/mol. The van der Waals surface area contributed by atoms with Crippen molar-refractivity contribution in [2.45, 2.75) is 20.3 Å². The van der Waals surface area contributed by atoms with Crippen molar-refractivity contribution in [3.05, 3.63) is 63.6 Å². The third-order valence-electron chi connectivity index (χ3n) is 3.33. The number of hydrogen-bond donors (Lipinski definition) is 2. The van der Waals surface area contributed by atoms with E-state index < -0.39 is 0 Å². The number of hydrogen-bond acceptors (Lipinski definition) is 2. The van der Waals surface area contributed by atoms with Crippen LogP contribution in [0.15, 0.2) is 46.9 Å². The minimum Gasteiger partial charge on any atom is -0.347 e. The molecule has 0 heterocycles.